The molecule has 0 unspecified atom stereocenters. The Balaban J connectivity index is 2.03. The van der Waals surface area contributed by atoms with Gasteiger partial charge in [0.2, 0.25) is 0 Å². The molecule has 0 N–H and O–H groups in total. The van der Waals surface area contributed by atoms with E-state index in [2.05, 4.69) is 15.3 Å². The summed E-state index contributed by atoms with van der Waals surface area (Å²) in [7, 11) is 1.67. The van der Waals surface area contributed by atoms with Crippen molar-refractivity contribution in [2.75, 3.05) is 7.11 Å². The number of hydrogen-bond acceptors (Lipinski definition) is 3. The van der Waals surface area contributed by atoms with Gasteiger partial charge in [0.25, 0.3) is 0 Å². The zero-order chi connectivity index (χ0) is 12.8. The molecule has 0 heterocycles. The predicted molar refractivity (Wildman–Crippen MR) is 78.0 cm³/mol. The molecule has 0 amide bonds. The molecule has 2 aromatic rings. The molecule has 0 atom stereocenters. The number of rotatable bonds is 5. The van der Waals surface area contributed by atoms with Gasteiger partial charge in [-0.15, -0.1) is 3.22 Å². The maximum atomic E-state index is 5.13. The molecule has 0 aliphatic rings. The second-order valence-corrected chi connectivity index (χ2v) is 4.17. The summed E-state index contributed by atoms with van der Waals surface area (Å²) in [4.78, 5) is 4.91. The molecular weight excluding hydrogens is 343 g/mol. The normalized spacial score (nSPS) is 10.1. The lowest BCUT2D eigenvalue weighted by Gasteiger charge is -2.05. The third-order valence-corrected chi connectivity index (χ3v) is 2.80. The lowest BCUT2D eigenvalue weighted by molar-refractivity contribution is -0.0471. The molecule has 2 aromatic carbocycles. The lowest BCUT2D eigenvalue weighted by atomic mass is 10.0. The molecule has 0 spiro atoms. The van der Waals surface area contributed by atoms with Crippen molar-refractivity contribution in [1.29, 1.82) is 0 Å². The van der Waals surface area contributed by atoms with Crippen molar-refractivity contribution in [3.63, 3.8) is 0 Å². The Labute approximate surface area is 120 Å². The van der Waals surface area contributed by atoms with Gasteiger partial charge >= 0.3 is 0 Å². The first-order chi connectivity index (χ1) is 8.81. The summed E-state index contributed by atoms with van der Waals surface area (Å²) in [5, 5.41) is 0. The fourth-order valence-corrected chi connectivity index (χ4v) is 1.89. The van der Waals surface area contributed by atoms with Gasteiger partial charge in [-0.25, -0.2) is 0 Å². The van der Waals surface area contributed by atoms with Crippen LogP contribution in [0.4, 0.5) is 0 Å². The second-order valence-electron chi connectivity index (χ2n) is 3.82. The highest BCUT2D eigenvalue weighted by atomic mass is 127. The predicted octanol–water partition coefficient (Wildman–Crippen LogP) is 3.95. The Morgan fingerprint density at radius 1 is 0.833 bits per heavy atom. The fourth-order valence-electron chi connectivity index (χ4n) is 1.68. The van der Waals surface area contributed by atoms with E-state index in [4.69, 9.17) is 9.62 Å². The Morgan fingerprint density at radius 2 is 1.33 bits per heavy atom. The van der Waals surface area contributed by atoms with E-state index in [-0.39, 0.29) is 0 Å². The number of ether oxygens (including phenoxy) is 1. The van der Waals surface area contributed by atoms with Crippen LogP contribution in [0.2, 0.25) is 0 Å². The maximum absolute atomic E-state index is 5.13. The fraction of sp³-hybridized carbons (Fsp3) is 0.143. The van der Waals surface area contributed by atoms with Gasteiger partial charge in [-0.2, -0.15) is 0 Å². The Kier molecular flexibility index (Phi) is 4.83. The van der Waals surface area contributed by atoms with Crippen LogP contribution in [0.15, 0.2) is 48.5 Å². The van der Waals surface area contributed by atoms with Gasteiger partial charge in [0.1, 0.15) is 5.75 Å². The van der Waals surface area contributed by atoms with E-state index < -0.39 is 0 Å². The zero-order valence-corrected chi connectivity index (χ0v) is 12.1. The minimum absolute atomic E-state index is 0.697. The van der Waals surface area contributed by atoms with Crippen LogP contribution in [0.3, 0.4) is 0 Å². The second kappa shape index (κ2) is 6.61. The van der Waals surface area contributed by atoms with Crippen LogP contribution in [0.1, 0.15) is 11.1 Å². The number of benzene rings is 2. The van der Waals surface area contributed by atoms with E-state index in [1.54, 1.807) is 30.1 Å². The minimum Gasteiger partial charge on any atom is -0.497 e. The zero-order valence-electron chi connectivity index (χ0n) is 9.93. The van der Waals surface area contributed by atoms with Crippen molar-refractivity contribution in [1.82, 2.24) is 0 Å². The SMILES string of the molecule is COc1ccc(Cc2ccc(OOI)cc2)cc1. The molecule has 0 aromatic heterocycles. The molecule has 0 radical (unpaired) electrons. The highest BCUT2D eigenvalue weighted by Gasteiger charge is 1.99. The Bertz CT molecular complexity index is 479. The van der Waals surface area contributed by atoms with Gasteiger partial charge in [-0.1, -0.05) is 24.3 Å². The quantitative estimate of drug-likeness (QED) is 0.461. The third-order valence-electron chi connectivity index (χ3n) is 2.62. The molecule has 2 rings (SSSR count). The van der Waals surface area contributed by atoms with Crippen molar-refractivity contribution >= 4 is 23.0 Å². The number of methoxy groups -OCH3 is 1. The highest BCUT2D eigenvalue weighted by Crippen LogP contribution is 2.18. The summed E-state index contributed by atoms with van der Waals surface area (Å²) < 4.78 is 9.70. The number of halogens is 1. The molecule has 0 saturated heterocycles. The minimum atomic E-state index is 0.697. The number of hydrogen-bond donors (Lipinski definition) is 0. The topological polar surface area (TPSA) is 27.7 Å². The first-order valence-electron chi connectivity index (χ1n) is 5.49. The van der Waals surface area contributed by atoms with Crippen molar-refractivity contribution in [3.8, 4) is 11.5 Å². The molecule has 0 fully saturated rings. The van der Waals surface area contributed by atoms with Crippen molar-refractivity contribution in [2.24, 2.45) is 0 Å². The summed E-state index contributed by atoms with van der Waals surface area (Å²) in [6.45, 7) is 0. The average molecular weight is 356 g/mol. The van der Waals surface area contributed by atoms with Gasteiger partial charge in [-0.05, 0) is 41.8 Å². The van der Waals surface area contributed by atoms with Gasteiger partial charge in [-0.3, -0.25) is 0 Å². The van der Waals surface area contributed by atoms with Crippen LogP contribution in [0, 0.1) is 0 Å². The van der Waals surface area contributed by atoms with Crippen molar-refractivity contribution < 1.29 is 12.8 Å². The first kappa shape index (κ1) is 13.2. The maximum Gasteiger partial charge on any atom is 0.170 e. The van der Waals surface area contributed by atoms with E-state index in [0.717, 1.165) is 12.2 Å². The molecule has 3 nitrogen and oxygen atoms in total. The Hall–Kier alpha value is -1.27. The molecule has 18 heavy (non-hydrogen) atoms. The summed E-state index contributed by atoms with van der Waals surface area (Å²) in [5.74, 6) is 1.57. The third kappa shape index (κ3) is 3.61. The smallest absolute Gasteiger partial charge is 0.170 e. The van der Waals surface area contributed by atoms with Gasteiger partial charge < -0.3 is 9.62 Å². The van der Waals surface area contributed by atoms with E-state index in [9.17, 15) is 0 Å². The summed E-state index contributed by atoms with van der Waals surface area (Å²) in [6.07, 6.45) is 0.884. The van der Waals surface area contributed by atoms with Crippen LogP contribution in [-0.4, -0.2) is 7.11 Å². The molecule has 0 saturated carbocycles. The molecule has 0 aliphatic heterocycles. The highest BCUT2D eigenvalue weighted by molar-refractivity contribution is 14.1. The van der Waals surface area contributed by atoms with E-state index in [0.29, 0.717) is 5.75 Å². The molecular formula is C14H13IO3. The van der Waals surface area contributed by atoms with Gasteiger partial charge in [0.05, 0.1) is 7.11 Å². The van der Waals surface area contributed by atoms with Crippen LogP contribution in [0.25, 0.3) is 0 Å². The van der Waals surface area contributed by atoms with E-state index >= 15 is 0 Å². The summed E-state index contributed by atoms with van der Waals surface area (Å²) in [6, 6.07) is 15.9. The largest absolute Gasteiger partial charge is 0.497 e. The van der Waals surface area contributed by atoms with Gasteiger partial charge in [0.15, 0.2) is 28.8 Å². The lowest BCUT2D eigenvalue weighted by Crippen LogP contribution is -1.90. The first-order valence-corrected chi connectivity index (χ1v) is 6.37. The van der Waals surface area contributed by atoms with E-state index in [1.165, 1.54) is 11.1 Å². The van der Waals surface area contributed by atoms with Crippen molar-refractivity contribution in [2.45, 2.75) is 6.42 Å². The monoisotopic (exact) mass is 356 g/mol. The van der Waals surface area contributed by atoms with E-state index in [1.807, 2.05) is 36.4 Å². The van der Waals surface area contributed by atoms with Crippen molar-refractivity contribution in [3.05, 3.63) is 59.7 Å². The summed E-state index contributed by atoms with van der Waals surface area (Å²) >= 11 is 1.69. The average Bonchev–Trinajstić information content (AvgIpc) is 2.42. The van der Waals surface area contributed by atoms with Crippen LogP contribution in [0.5, 0.6) is 11.5 Å². The van der Waals surface area contributed by atoms with Crippen LogP contribution < -0.4 is 9.62 Å². The molecule has 94 valence electrons. The molecule has 0 aliphatic carbocycles. The standard InChI is InChI=1S/C14H13IO3/c1-16-13-6-2-11(3-7-13)10-12-4-8-14(9-5-12)17-18-15/h2-9H,10H2,1H3. The molecule has 4 heteroatoms. The summed E-state index contributed by atoms with van der Waals surface area (Å²) in [5.41, 5.74) is 2.47. The van der Waals surface area contributed by atoms with Gasteiger partial charge in [0, 0.05) is 0 Å². The molecule has 0 bridgehead atoms. The van der Waals surface area contributed by atoms with Crippen LogP contribution in [-0.2, 0) is 9.64 Å². The van der Waals surface area contributed by atoms with Crippen LogP contribution >= 0.6 is 23.0 Å². The Morgan fingerprint density at radius 3 is 1.78 bits per heavy atom.